The van der Waals surface area contributed by atoms with Crippen LogP contribution in [0.5, 0.6) is 0 Å². The number of hydrogen-bond acceptors (Lipinski definition) is 9. The molecule has 15 nitrogen and oxygen atoms in total. The lowest BCUT2D eigenvalue weighted by molar-refractivity contribution is -0.131. The van der Waals surface area contributed by atoms with Gasteiger partial charge in [-0.15, -0.1) is 0 Å². The minimum Gasteiger partial charge on any atom is -0.444 e. The minimum absolute atomic E-state index is 0.0378. The number of β-amino-alcohol motifs (C(OH)–C–C–N with tert-alkyl or cyclic N) is 1. The van der Waals surface area contributed by atoms with E-state index in [1.54, 1.807) is 45.0 Å². The molecule has 1 saturated heterocycles. The van der Waals surface area contributed by atoms with Crippen LogP contribution >= 0.6 is 0 Å². The van der Waals surface area contributed by atoms with Gasteiger partial charge < -0.3 is 47.5 Å². The number of hydrogen-bond donors (Lipinski definition) is 8. The molecular weight excluding hydrogens is 634 g/mol. The van der Waals surface area contributed by atoms with Gasteiger partial charge in [0.15, 0.2) is 0 Å². The summed E-state index contributed by atoms with van der Waals surface area (Å²) in [6, 6.07) is 13.4. The van der Waals surface area contributed by atoms with Crippen molar-refractivity contribution < 1.29 is 38.6 Å². The number of nitrogens with two attached hydrogens (primary N) is 1. The van der Waals surface area contributed by atoms with Crippen molar-refractivity contribution in [2.75, 3.05) is 19.6 Å². The number of ether oxygens (including phenoxy) is 1. The molecule has 5 atom stereocenters. The number of carbonyl (C=O) groups excluding carboxylic acids is 6. The van der Waals surface area contributed by atoms with E-state index in [1.165, 1.54) is 0 Å². The van der Waals surface area contributed by atoms with E-state index in [0.29, 0.717) is 0 Å². The van der Waals surface area contributed by atoms with E-state index in [0.717, 1.165) is 11.1 Å². The average Bonchev–Trinajstić information content (AvgIpc) is 3.03. The normalized spacial score (nSPS) is 23.6. The van der Waals surface area contributed by atoms with E-state index in [4.69, 9.17) is 10.5 Å². The smallest absolute Gasteiger partial charge is 0.408 e. The van der Waals surface area contributed by atoms with Crippen LogP contribution in [0.25, 0.3) is 0 Å². The summed E-state index contributed by atoms with van der Waals surface area (Å²) in [6.07, 6.45) is -2.82. The molecule has 15 heteroatoms. The van der Waals surface area contributed by atoms with Crippen molar-refractivity contribution in [1.82, 2.24) is 31.9 Å². The first-order valence-electron chi connectivity index (χ1n) is 16.1. The third-order valence-corrected chi connectivity index (χ3v) is 7.48. The Morgan fingerprint density at radius 1 is 0.837 bits per heavy atom. The molecule has 6 amide bonds. The number of benzene rings is 2. The molecule has 1 heterocycles. The highest BCUT2D eigenvalue weighted by Crippen LogP contribution is 2.11. The lowest BCUT2D eigenvalue weighted by atomic mass is 9.99. The van der Waals surface area contributed by atoms with Crippen molar-refractivity contribution >= 4 is 35.6 Å². The summed E-state index contributed by atoms with van der Waals surface area (Å²) in [6.45, 7) is 4.66. The first-order chi connectivity index (χ1) is 23.2. The molecule has 1 aliphatic rings. The molecule has 1 unspecified atom stereocenters. The van der Waals surface area contributed by atoms with Gasteiger partial charge in [0.25, 0.3) is 0 Å². The van der Waals surface area contributed by atoms with Gasteiger partial charge >= 0.3 is 6.09 Å². The van der Waals surface area contributed by atoms with Crippen LogP contribution in [0.3, 0.4) is 0 Å². The van der Waals surface area contributed by atoms with E-state index >= 15 is 0 Å². The molecule has 0 aromatic heterocycles. The monoisotopic (exact) mass is 681 g/mol. The van der Waals surface area contributed by atoms with Crippen molar-refractivity contribution in [3.63, 3.8) is 0 Å². The molecule has 0 saturated carbocycles. The van der Waals surface area contributed by atoms with Crippen LogP contribution in [0.15, 0.2) is 60.7 Å². The predicted octanol–water partition coefficient (Wildman–Crippen LogP) is -0.835. The summed E-state index contributed by atoms with van der Waals surface area (Å²) in [5.74, 6) is -3.53. The minimum atomic E-state index is -1.39. The van der Waals surface area contributed by atoms with Crippen molar-refractivity contribution in [2.45, 2.75) is 82.3 Å². The zero-order valence-electron chi connectivity index (χ0n) is 28.0. The summed E-state index contributed by atoms with van der Waals surface area (Å²) in [5, 5.41) is 27.4. The first kappa shape index (κ1) is 38.4. The van der Waals surface area contributed by atoms with Crippen LogP contribution in [0, 0.1) is 0 Å². The zero-order chi connectivity index (χ0) is 36.0. The van der Waals surface area contributed by atoms with Gasteiger partial charge in [0.1, 0.15) is 17.7 Å². The van der Waals surface area contributed by atoms with Crippen molar-refractivity contribution in [2.24, 2.45) is 5.73 Å². The van der Waals surface area contributed by atoms with Crippen LogP contribution in [0.4, 0.5) is 4.79 Å². The Kier molecular flexibility index (Phi) is 14.5. The summed E-state index contributed by atoms with van der Waals surface area (Å²) in [4.78, 5) is 77.6. The van der Waals surface area contributed by atoms with E-state index in [9.17, 15) is 33.9 Å². The summed E-state index contributed by atoms with van der Waals surface area (Å²) >= 11 is 0. The first-order valence-corrected chi connectivity index (χ1v) is 16.1. The van der Waals surface area contributed by atoms with Crippen LogP contribution in [-0.4, -0.2) is 96.2 Å². The van der Waals surface area contributed by atoms with Gasteiger partial charge in [-0.1, -0.05) is 60.7 Å². The molecule has 0 aliphatic carbocycles. The second kappa shape index (κ2) is 18.5. The second-order valence-electron chi connectivity index (χ2n) is 12.8. The summed E-state index contributed by atoms with van der Waals surface area (Å²) < 4.78 is 5.31. The van der Waals surface area contributed by atoms with Gasteiger partial charge in [-0.25, -0.2) is 4.79 Å². The third kappa shape index (κ3) is 13.9. The Hall–Kier alpha value is -5.02. The molecule has 49 heavy (non-hydrogen) atoms. The Morgan fingerprint density at radius 2 is 1.39 bits per heavy atom. The molecule has 9 N–H and O–H groups in total. The quantitative estimate of drug-likeness (QED) is 0.190. The van der Waals surface area contributed by atoms with Gasteiger partial charge in [-0.3, -0.25) is 24.0 Å². The number of rotatable bonds is 6. The summed E-state index contributed by atoms with van der Waals surface area (Å²) in [5.41, 5.74) is 6.19. The lowest BCUT2D eigenvalue weighted by Gasteiger charge is -2.29. The maximum Gasteiger partial charge on any atom is 0.408 e. The fourth-order valence-corrected chi connectivity index (χ4v) is 5.02. The average molecular weight is 682 g/mol. The van der Waals surface area contributed by atoms with Crippen molar-refractivity contribution in [3.8, 4) is 0 Å². The Balaban J connectivity index is 1.94. The molecule has 0 bridgehead atoms. The third-order valence-electron chi connectivity index (χ3n) is 7.48. The fourth-order valence-electron chi connectivity index (χ4n) is 5.02. The van der Waals surface area contributed by atoms with E-state index in [1.807, 2.05) is 36.4 Å². The van der Waals surface area contributed by atoms with Crippen molar-refractivity contribution in [1.29, 1.82) is 0 Å². The molecule has 3 rings (SSSR count). The SMILES string of the molecule is CC(C)(C)OC(=O)N[C@H]1CC(=O)NCCNC(=O)C[C@@H](C(N)=O)NC(=O)[C@H](Cc2ccccc2)NCC(O)[C@H](Cc2ccccc2)NC1=O. The Labute approximate surface area is 285 Å². The standard InChI is InChI=1S/C34H47N7O8/c1-34(2,3)49-33(48)41-26-19-29(44)37-15-14-36-28(43)18-24(30(35)45)40-31(46)25(17-22-12-8-5-9-13-22)38-20-27(42)23(39-32(26)47)16-21-10-6-4-7-11-21/h4-13,23-27,38,42H,14-20H2,1-3H3,(H2,35,45)(H,36,43)(H,37,44)(H,39,47)(H,40,46)(H,41,48)/t23-,24-,25-,26-,27?/m0/s1. The maximum atomic E-state index is 13.7. The van der Waals surface area contributed by atoms with E-state index < -0.39 is 84.3 Å². The van der Waals surface area contributed by atoms with Gasteiger partial charge in [0, 0.05) is 19.6 Å². The molecule has 0 radical (unpaired) electrons. The number of aliphatic hydroxyl groups excluding tert-OH is 1. The number of alkyl carbamates (subject to hydrolysis) is 1. The Bertz CT molecular complexity index is 1440. The highest BCUT2D eigenvalue weighted by molar-refractivity contribution is 5.93. The Morgan fingerprint density at radius 3 is 1.94 bits per heavy atom. The highest BCUT2D eigenvalue weighted by atomic mass is 16.6. The number of amides is 6. The topological polar surface area (TPSA) is 230 Å². The lowest BCUT2D eigenvalue weighted by Crippen LogP contribution is -2.58. The van der Waals surface area contributed by atoms with Crippen LogP contribution in [0.1, 0.15) is 44.7 Å². The predicted molar refractivity (Wildman–Crippen MR) is 180 cm³/mol. The van der Waals surface area contributed by atoms with E-state index in [2.05, 4.69) is 31.9 Å². The van der Waals surface area contributed by atoms with Gasteiger partial charge in [0.05, 0.1) is 31.0 Å². The number of carbonyl (C=O) groups is 6. The van der Waals surface area contributed by atoms with E-state index in [-0.39, 0.29) is 32.5 Å². The van der Waals surface area contributed by atoms with Crippen molar-refractivity contribution in [3.05, 3.63) is 71.8 Å². The molecule has 1 fully saturated rings. The number of primary amides is 1. The molecule has 1 aliphatic heterocycles. The molecule has 266 valence electrons. The fraction of sp³-hybridized carbons (Fsp3) is 0.471. The molecular formula is C34H47N7O8. The number of aliphatic hydroxyl groups is 1. The van der Waals surface area contributed by atoms with Crippen LogP contribution in [-0.2, 0) is 41.6 Å². The zero-order valence-corrected chi connectivity index (χ0v) is 28.0. The van der Waals surface area contributed by atoms with Crippen LogP contribution < -0.4 is 37.6 Å². The maximum absolute atomic E-state index is 13.7. The molecule has 0 spiro atoms. The van der Waals surface area contributed by atoms with Crippen LogP contribution in [0.2, 0.25) is 0 Å². The summed E-state index contributed by atoms with van der Waals surface area (Å²) in [7, 11) is 0. The molecule has 2 aromatic carbocycles. The van der Waals surface area contributed by atoms with Gasteiger partial charge in [-0.2, -0.15) is 0 Å². The highest BCUT2D eigenvalue weighted by Gasteiger charge is 2.32. The number of nitrogens with one attached hydrogen (secondary N) is 6. The largest absolute Gasteiger partial charge is 0.444 e. The van der Waals surface area contributed by atoms with Gasteiger partial charge in [0.2, 0.25) is 29.5 Å². The second-order valence-corrected chi connectivity index (χ2v) is 12.8. The van der Waals surface area contributed by atoms with Gasteiger partial charge in [-0.05, 0) is 44.7 Å². The molecule has 2 aromatic rings.